The molecule has 4 heteroatoms. The molecule has 0 saturated heterocycles. The topological polar surface area (TPSA) is 66.0 Å². The smallest absolute Gasteiger partial charge is 0.292 e. The summed E-state index contributed by atoms with van der Waals surface area (Å²) in [6.45, 7) is 4.95. The van der Waals surface area contributed by atoms with Gasteiger partial charge in [0.2, 0.25) is 0 Å². The summed E-state index contributed by atoms with van der Waals surface area (Å²) in [6, 6.07) is 13.9. The van der Waals surface area contributed by atoms with Crippen LogP contribution >= 0.6 is 0 Å². The average Bonchev–Trinajstić information content (AvgIpc) is 3.02. The van der Waals surface area contributed by atoms with Crippen molar-refractivity contribution in [3.63, 3.8) is 0 Å². The Hall–Kier alpha value is -2.98. The first-order valence-corrected chi connectivity index (χ1v) is 17.3. The van der Waals surface area contributed by atoms with Gasteiger partial charge in [-0.3, -0.25) is 0 Å². The molecule has 2 aromatic carbocycles. The van der Waals surface area contributed by atoms with Crippen molar-refractivity contribution in [3.8, 4) is 24.0 Å². The lowest BCUT2D eigenvalue weighted by molar-refractivity contribution is -0.113. The normalized spacial score (nSPS) is 32.3. The molecule has 43 heavy (non-hydrogen) atoms. The van der Waals surface area contributed by atoms with E-state index >= 15 is 0 Å². The van der Waals surface area contributed by atoms with Crippen molar-refractivity contribution in [2.45, 2.75) is 139 Å². The zero-order valence-electron chi connectivity index (χ0n) is 26.3. The summed E-state index contributed by atoms with van der Waals surface area (Å²) in [5, 5.41) is 18.9. The molecule has 226 valence electrons. The van der Waals surface area contributed by atoms with Gasteiger partial charge in [0.1, 0.15) is 11.5 Å². The second kappa shape index (κ2) is 11.2. The molecule has 4 nitrogen and oxygen atoms in total. The quantitative estimate of drug-likeness (QED) is 0.308. The van der Waals surface area contributed by atoms with E-state index in [1.807, 2.05) is 12.5 Å². The maximum atomic E-state index is 9.47. The van der Waals surface area contributed by atoms with Crippen LogP contribution in [-0.4, -0.2) is 0 Å². The number of nitrogens with zero attached hydrogens (tertiary/aromatic N) is 2. The first kappa shape index (κ1) is 28.8. The molecular formula is C39H48N2O2. The lowest BCUT2D eigenvalue weighted by Gasteiger charge is -2.68. The fourth-order valence-corrected chi connectivity index (χ4v) is 11.3. The molecule has 6 aliphatic rings. The standard InChI is InChI=1S/C39H48N2O2/c1-27(2)37-19-28-20-38(22-37,31-13-15-35(42-25-40)33(17-31)29-9-5-3-6-10-29)24-39(21-28,23-37)32-14-16-36(43-26-41)34(18-32)30-11-7-4-8-12-30/h13-18,27-30H,3-12,19-24H2,1-2H3. The number of hydrogen-bond acceptors (Lipinski definition) is 4. The fraction of sp³-hybridized carbons (Fsp3) is 0.641. The highest BCUT2D eigenvalue weighted by Gasteiger charge is 2.64. The van der Waals surface area contributed by atoms with Crippen LogP contribution in [0.2, 0.25) is 0 Å². The van der Waals surface area contributed by atoms with Gasteiger partial charge >= 0.3 is 0 Å². The highest BCUT2D eigenvalue weighted by molar-refractivity contribution is 5.48. The number of hydrogen-bond donors (Lipinski definition) is 0. The summed E-state index contributed by atoms with van der Waals surface area (Å²) in [5.41, 5.74) is 6.16. The van der Waals surface area contributed by atoms with Crippen LogP contribution < -0.4 is 9.47 Å². The molecule has 2 atom stereocenters. The van der Waals surface area contributed by atoms with E-state index in [9.17, 15) is 10.5 Å². The summed E-state index contributed by atoms with van der Waals surface area (Å²) in [6.07, 6.45) is 24.1. The maximum absolute atomic E-state index is 9.47. The summed E-state index contributed by atoms with van der Waals surface area (Å²) in [5.74, 6) is 3.89. The Balaban J connectivity index is 1.33. The van der Waals surface area contributed by atoms with Crippen molar-refractivity contribution in [2.75, 3.05) is 0 Å². The monoisotopic (exact) mass is 576 g/mol. The highest BCUT2D eigenvalue weighted by Crippen LogP contribution is 2.72. The van der Waals surface area contributed by atoms with Gasteiger partial charge < -0.3 is 9.47 Å². The van der Waals surface area contributed by atoms with E-state index in [2.05, 4.69) is 50.2 Å². The van der Waals surface area contributed by atoms with Crippen LogP contribution in [0.1, 0.15) is 151 Å². The molecule has 0 N–H and O–H groups in total. The van der Waals surface area contributed by atoms with Gasteiger partial charge in [-0.1, -0.05) is 76.6 Å². The van der Waals surface area contributed by atoms with E-state index in [1.54, 1.807) is 0 Å². The van der Waals surface area contributed by atoms with Crippen LogP contribution in [0.3, 0.4) is 0 Å². The van der Waals surface area contributed by atoms with E-state index in [0.29, 0.717) is 23.2 Å². The molecule has 6 fully saturated rings. The Kier molecular flexibility index (Phi) is 7.48. The summed E-state index contributed by atoms with van der Waals surface area (Å²) in [7, 11) is 0. The molecular weight excluding hydrogens is 528 g/mol. The molecule has 2 aromatic rings. The van der Waals surface area contributed by atoms with E-state index in [1.165, 1.54) is 125 Å². The largest absolute Gasteiger partial charge is 0.388 e. The Labute approximate surface area is 258 Å². The fourth-order valence-electron chi connectivity index (χ4n) is 11.3. The second-order valence-electron chi connectivity index (χ2n) is 15.6. The summed E-state index contributed by atoms with van der Waals surface area (Å²) >= 11 is 0. The van der Waals surface area contributed by atoms with Crippen molar-refractivity contribution in [1.82, 2.24) is 0 Å². The molecule has 2 unspecified atom stereocenters. The van der Waals surface area contributed by atoms with Crippen molar-refractivity contribution in [1.29, 1.82) is 10.5 Å². The first-order chi connectivity index (χ1) is 20.9. The van der Waals surface area contributed by atoms with Crippen molar-refractivity contribution < 1.29 is 9.47 Å². The number of nitriles is 2. The molecule has 0 heterocycles. The van der Waals surface area contributed by atoms with E-state index in [4.69, 9.17) is 9.47 Å². The van der Waals surface area contributed by atoms with E-state index in [0.717, 1.165) is 17.4 Å². The van der Waals surface area contributed by atoms with Gasteiger partial charge in [-0.05, 0) is 139 Å². The Morgan fingerprint density at radius 1 is 0.651 bits per heavy atom. The van der Waals surface area contributed by atoms with Crippen LogP contribution in [0.25, 0.3) is 0 Å². The maximum Gasteiger partial charge on any atom is 0.292 e. The van der Waals surface area contributed by atoms with Crippen molar-refractivity contribution in [3.05, 3.63) is 58.7 Å². The van der Waals surface area contributed by atoms with Gasteiger partial charge in [0.25, 0.3) is 12.5 Å². The molecule has 4 bridgehead atoms. The zero-order valence-corrected chi connectivity index (χ0v) is 26.3. The zero-order chi connectivity index (χ0) is 29.7. The number of rotatable bonds is 7. The van der Waals surface area contributed by atoms with Gasteiger partial charge in [0.15, 0.2) is 0 Å². The van der Waals surface area contributed by atoms with E-state index in [-0.39, 0.29) is 10.8 Å². The Bertz CT molecular complexity index is 1340. The van der Waals surface area contributed by atoms with Crippen LogP contribution in [0.15, 0.2) is 36.4 Å². The molecule has 0 aromatic heterocycles. The third kappa shape index (κ3) is 4.94. The average molecular weight is 577 g/mol. The third-order valence-corrected chi connectivity index (χ3v) is 13.0. The highest BCUT2D eigenvalue weighted by atomic mass is 16.5. The van der Waals surface area contributed by atoms with E-state index < -0.39 is 0 Å². The minimum Gasteiger partial charge on any atom is -0.388 e. The summed E-state index contributed by atoms with van der Waals surface area (Å²) < 4.78 is 11.2. The molecule has 8 rings (SSSR count). The van der Waals surface area contributed by atoms with Gasteiger partial charge in [-0.2, -0.15) is 0 Å². The molecule has 6 saturated carbocycles. The Morgan fingerprint density at radius 2 is 1.12 bits per heavy atom. The molecule has 0 aliphatic heterocycles. The minimum absolute atomic E-state index is 0.144. The van der Waals surface area contributed by atoms with Gasteiger partial charge in [0, 0.05) is 0 Å². The lowest BCUT2D eigenvalue weighted by atomic mass is 9.36. The molecule has 0 amide bonds. The van der Waals surface area contributed by atoms with Crippen LogP contribution in [0.5, 0.6) is 11.5 Å². The Morgan fingerprint density at radius 3 is 1.53 bits per heavy atom. The molecule has 0 spiro atoms. The van der Waals surface area contributed by atoms with Gasteiger partial charge in [-0.25, -0.2) is 0 Å². The van der Waals surface area contributed by atoms with Crippen LogP contribution in [-0.2, 0) is 10.8 Å². The van der Waals surface area contributed by atoms with Gasteiger partial charge in [-0.15, -0.1) is 10.5 Å². The van der Waals surface area contributed by atoms with Crippen molar-refractivity contribution in [2.24, 2.45) is 17.3 Å². The second-order valence-corrected chi connectivity index (χ2v) is 15.6. The predicted octanol–water partition coefficient (Wildman–Crippen LogP) is 10.3. The minimum atomic E-state index is 0.144. The first-order valence-electron chi connectivity index (χ1n) is 17.3. The SMILES string of the molecule is CC(C)C12CC3CC(c4ccc(OC#N)c(C5CCCCC5)c4)(CC(c4ccc(OC#N)c(C5CCCCC5)c4)(C3)C1)C2. The third-order valence-electron chi connectivity index (χ3n) is 13.0. The van der Waals surface area contributed by atoms with Crippen LogP contribution in [0, 0.1) is 40.3 Å². The van der Waals surface area contributed by atoms with Gasteiger partial charge in [0.05, 0.1) is 0 Å². The van der Waals surface area contributed by atoms with Crippen molar-refractivity contribution >= 4 is 0 Å². The molecule has 6 aliphatic carbocycles. The molecule has 0 radical (unpaired) electrons. The lowest BCUT2D eigenvalue weighted by Crippen LogP contribution is -2.61. The number of benzene rings is 2. The van der Waals surface area contributed by atoms with Crippen LogP contribution in [0.4, 0.5) is 0 Å². The predicted molar refractivity (Wildman–Crippen MR) is 169 cm³/mol. The number of ether oxygens (including phenoxy) is 2. The summed E-state index contributed by atoms with van der Waals surface area (Å²) in [4.78, 5) is 0.